The monoisotopic (exact) mass is 639 g/mol. The molecule has 0 bridgehead atoms. The van der Waals surface area contributed by atoms with E-state index in [0.29, 0.717) is 38.4 Å². The van der Waals surface area contributed by atoms with Crippen LogP contribution in [0.4, 0.5) is 4.79 Å². The van der Waals surface area contributed by atoms with Crippen LogP contribution >= 0.6 is 0 Å². The summed E-state index contributed by atoms with van der Waals surface area (Å²) in [6.45, 7) is 5.23. The Morgan fingerprint density at radius 2 is 1.60 bits per heavy atom. The number of furan rings is 1. The number of aliphatic hydroxyl groups is 1. The van der Waals surface area contributed by atoms with Crippen LogP contribution in [0.1, 0.15) is 52.5 Å². The van der Waals surface area contributed by atoms with E-state index in [4.69, 9.17) is 23.7 Å². The van der Waals surface area contributed by atoms with Crippen molar-refractivity contribution in [2.45, 2.75) is 45.3 Å². The van der Waals surface area contributed by atoms with Crippen molar-refractivity contribution in [1.29, 1.82) is 0 Å². The topological polar surface area (TPSA) is 116 Å². The van der Waals surface area contributed by atoms with Crippen molar-refractivity contribution in [3.63, 3.8) is 0 Å². The third-order valence-corrected chi connectivity index (χ3v) is 8.21. The molecule has 2 heterocycles. The average Bonchev–Trinajstić information content (AvgIpc) is 3.65. The lowest BCUT2D eigenvalue weighted by Crippen LogP contribution is -2.44. The van der Waals surface area contributed by atoms with E-state index in [9.17, 15) is 14.4 Å². The molecule has 5 rings (SSSR count). The molecule has 1 saturated heterocycles. The summed E-state index contributed by atoms with van der Waals surface area (Å²) in [5, 5.41) is 8.84. The smallest absolute Gasteiger partial charge is 0.417 e. The van der Waals surface area contributed by atoms with E-state index >= 15 is 0 Å². The Labute approximate surface area is 275 Å². The van der Waals surface area contributed by atoms with E-state index < -0.39 is 35.8 Å². The Morgan fingerprint density at radius 1 is 0.894 bits per heavy atom. The molecule has 4 aromatic rings. The number of Topliss-reactive ketones (excluding diaryl/α,β-unsaturated/α-hetero) is 1. The number of amides is 2. The summed E-state index contributed by atoms with van der Waals surface area (Å²) in [7, 11) is 0. The Bertz CT molecular complexity index is 1630. The second kappa shape index (κ2) is 16.3. The molecule has 1 fully saturated rings. The molecular formula is C38H41NO8. The van der Waals surface area contributed by atoms with E-state index in [0.717, 1.165) is 32.7 Å². The fourth-order valence-corrected chi connectivity index (χ4v) is 5.84. The molecule has 1 aliphatic heterocycles. The number of hydrogen-bond acceptors (Lipinski definition) is 8. The molecule has 0 spiro atoms. The summed E-state index contributed by atoms with van der Waals surface area (Å²) in [5.74, 6) is -1.67. The first-order chi connectivity index (χ1) is 22.9. The standard InChI is InChI=1S/C38H41NO8/c1-26-11-9-16-30(23-26)31-25-34(46-33(31)17-10-19-44-21-22-45-20-18-40)35(41)32(24-28-12-5-3-6-13-28)37(42)39-27(2)36(47-38(39)43)29-14-7-4-8-15-29/h3-9,11-16,23,25,27,32,36,40H,10,17-22,24H2,1-2H3. The number of nitrogens with zero attached hydrogens (tertiary/aromatic N) is 1. The van der Waals surface area contributed by atoms with Crippen molar-refractivity contribution in [3.8, 4) is 11.1 Å². The SMILES string of the molecule is Cc1cccc(-c2cc(C(=O)C(Cc3ccccc3)C(=O)N3C(=O)OC(c4ccccc4)C3C)oc2CCCOCCOCCO)c1. The van der Waals surface area contributed by atoms with E-state index in [-0.39, 0.29) is 25.4 Å². The van der Waals surface area contributed by atoms with Gasteiger partial charge in [0, 0.05) is 18.6 Å². The summed E-state index contributed by atoms with van der Waals surface area (Å²) in [4.78, 5) is 42.8. The van der Waals surface area contributed by atoms with Gasteiger partial charge in [0.25, 0.3) is 0 Å². The number of hydrogen-bond donors (Lipinski definition) is 1. The molecule has 2 amide bonds. The molecule has 0 radical (unpaired) electrons. The number of cyclic esters (lactones) is 1. The first-order valence-electron chi connectivity index (χ1n) is 16.0. The minimum atomic E-state index is -1.21. The van der Waals surface area contributed by atoms with Crippen LogP contribution in [0.15, 0.2) is 95.4 Å². The van der Waals surface area contributed by atoms with Gasteiger partial charge in [-0.3, -0.25) is 9.59 Å². The quantitative estimate of drug-likeness (QED) is 0.0855. The third kappa shape index (κ3) is 8.43. The van der Waals surface area contributed by atoms with Gasteiger partial charge < -0.3 is 23.7 Å². The lowest BCUT2D eigenvalue weighted by atomic mass is 9.91. The van der Waals surface area contributed by atoms with Gasteiger partial charge >= 0.3 is 6.09 Å². The zero-order chi connectivity index (χ0) is 33.2. The van der Waals surface area contributed by atoms with Crippen LogP contribution in [-0.4, -0.2) is 66.9 Å². The number of ether oxygens (including phenoxy) is 3. The van der Waals surface area contributed by atoms with Crippen LogP contribution in [0.2, 0.25) is 0 Å². The largest absolute Gasteiger partial charge is 0.457 e. The van der Waals surface area contributed by atoms with Crippen LogP contribution in [0, 0.1) is 12.8 Å². The first-order valence-corrected chi connectivity index (χ1v) is 16.0. The molecule has 9 nitrogen and oxygen atoms in total. The fourth-order valence-electron chi connectivity index (χ4n) is 5.84. The van der Waals surface area contributed by atoms with Crippen LogP contribution in [0.5, 0.6) is 0 Å². The van der Waals surface area contributed by atoms with E-state index in [2.05, 4.69) is 0 Å². The van der Waals surface area contributed by atoms with Crippen molar-refractivity contribution in [1.82, 2.24) is 4.90 Å². The Kier molecular flexibility index (Phi) is 11.7. The second-order valence-electron chi connectivity index (χ2n) is 11.6. The molecule has 246 valence electrons. The van der Waals surface area contributed by atoms with Crippen molar-refractivity contribution in [2.75, 3.05) is 33.0 Å². The van der Waals surface area contributed by atoms with Gasteiger partial charge in [-0.1, -0.05) is 90.5 Å². The highest BCUT2D eigenvalue weighted by Crippen LogP contribution is 2.35. The van der Waals surface area contributed by atoms with Crippen molar-refractivity contribution >= 4 is 17.8 Å². The zero-order valence-electron chi connectivity index (χ0n) is 26.8. The van der Waals surface area contributed by atoms with E-state index in [1.54, 1.807) is 13.0 Å². The molecule has 1 aromatic heterocycles. The number of imide groups is 1. The molecule has 3 aromatic carbocycles. The number of ketones is 1. The highest BCUT2D eigenvalue weighted by Gasteiger charge is 2.47. The Balaban J connectivity index is 1.41. The molecule has 1 aliphatic rings. The van der Waals surface area contributed by atoms with Crippen LogP contribution in [-0.2, 0) is 31.8 Å². The molecule has 9 heteroatoms. The lowest BCUT2D eigenvalue weighted by Gasteiger charge is -2.23. The number of benzene rings is 3. The average molecular weight is 640 g/mol. The van der Waals surface area contributed by atoms with Crippen LogP contribution in [0.3, 0.4) is 0 Å². The highest BCUT2D eigenvalue weighted by molar-refractivity contribution is 6.12. The summed E-state index contributed by atoms with van der Waals surface area (Å²) in [6.07, 6.45) is -0.201. The maximum atomic E-state index is 14.3. The highest BCUT2D eigenvalue weighted by atomic mass is 16.6. The fraction of sp³-hybridized carbons (Fsp3) is 0.342. The van der Waals surface area contributed by atoms with Crippen molar-refractivity contribution in [2.24, 2.45) is 5.92 Å². The third-order valence-electron chi connectivity index (χ3n) is 8.21. The maximum Gasteiger partial charge on any atom is 0.417 e. The summed E-state index contributed by atoms with van der Waals surface area (Å²) >= 11 is 0. The second-order valence-corrected chi connectivity index (χ2v) is 11.6. The summed E-state index contributed by atoms with van der Waals surface area (Å²) in [6, 6.07) is 27.6. The molecule has 3 unspecified atom stereocenters. The lowest BCUT2D eigenvalue weighted by molar-refractivity contribution is -0.131. The number of carbonyl (C=O) groups excluding carboxylic acids is 3. The predicted molar refractivity (Wildman–Crippen MR) is 176 cm³/mol. The number of aliphatic hydroxyl groups excluding tert-OH is 1. The first kappa shape index (κ1) is 33.8. The Hall–Kier alpha value is -4.57. The number of carbonyl (C=O) groups is 3. The van der Waals surface area contributed by atoms with Gasteiger partial charge in [0.1, 0.15) is 17.8 Å². The minimum Gasteiger partial charge on any atom is -0.457 e. The maximum absolute atomic E-state index is 14.3. The van der Waals surface area contributed by atoms with Crippen LogP contribution in [0.25, 0.3) is 11.1 Å². The molecule has 47 heavy (non-hydrogen) atoms. The molecule has 3 atom stereocenters. The van der Waals surface area contributed by atoms with Gasteiger partial charge in [-0.25, -0.2) is 9.69 Å². The minimum absolute atomic E-state index is 0.0333. The number of aryl methyl sites for hydroxylation is 2. The molecular weight excluding hydrogens is 598 g/mol. The molecule has 0 aliphatic carbocycles. The molecule has 0 saturated carbocycles. The van der Waals surface area contributed by atoms with Gasteiger partial charge in [-0.15, -0.1) is 0 Å². The van der Waals surface area contributed by atoms with E-state index in [1.807, 2.05) is 91.9 Å². The summed E-state index contributed by atoms with van der Waals surface area (Å²) < 4.78 is 22.8. The van der Waals surface area contributed by atoms with Crippen molar-refractivity contribution < 1.29 is 38.1 Å². The van der Waals surface area contributed by atoms with Gasteiger partial charge in [0.05, 0.1) is 32.5 Å². The van der Waals surface area contributed by atoms with E-state index in [1.165, 1.54) is 0 Å². The van der Waals surface area contributed by atoms with Gasteiger partial charge in [0.15, 0.2) is 5.76 Å². The van der Waals surface area contributed by atoms with Crippen LogP contribution < -0.4 is 0 Å². The van der Waals surface area contributed by atoms with Gasteiger partial charge in [-0.05, 0) is 49.4 Å². The number of rotatable bonds is 16. The predicted octanol–water partition coefficient (Wildman–Crippen LogP) is 6.36. The van der Waals surface area contributed by atoms with Gasteiger partial charge in [0.2, 0.25) is 11.7 Å². The zero-order valence-corrected chi connectivity index (χ0v) is 26.8. The summed E-state index contributed by atoms with van der Waals surface area (Å²) in [5.41, 5.74) is 4.28. The normalized spacial score (nSPS) is 16.7. The van der Waals surface area contributed by atoms with Gasteiger partial charge in [-0.2, -0.15) is 0 Å². The molecule has 1 N–H and O–H groups in total. The van der Waals surface area contributed by atoms with Crippen molar-refractivity contribution in [3.05, 3.63) is 119 Å². The Morgan fingerprint density at radius 3 is 2.30 bits per heavy atom.